The minimum Gasteiger partial charge on any atom is -0.486 e. The standard InChI is InChI=1S/C15H17NO/c16-12-11-15(13-7-3-1-4-8-13)17-14-9-5-2-6-10-14/h1-10,15H,11-12,16H2. The van der Waals surface area contributed by atoms with E-state index in [1.165, 1.54) is 5.56 Å². The highest BCUT2D eigenvalue weighted by Crippen LogP contribution is 2.23. The Morgan fingerprint density at radius 2 is 1.47 bits per heavy atom. The molecule has 0 saturated carbocycles. The molecule has 0 aliphatic heterocycles. The molecule has 88 valence electrons. The number of rotatable bonds is 5. The molecular weight excluding hydrogens is 210 g/mol. The molecule has 0 radical (unpaired) electrons. The van der Waals surface area contributed by atoms with Gasteiger partial charge in [-0.25, -0.2) is 0 Å². The van der Waals surface area contributed by atoms with Gasteiger partial charge in [-0.3, -0.25) is 0 Å². The molecule has 0 aromatic heterocycles. The molecule has 2 aromatic rings. The van der Waals surface area contributed by atoms with Gasteiger partial charge < -0.3 is 10.5 Å². The van der Waals surface area contributed by atoms with Crippen LogP contribution in [-0.4, -0.2) is 6.54 Å². The normalized spacial score (nSPS) is 12.1. The zero-order valence-electron chi connectivity index (χ0n) is 9.75. The van der Waals surface area contributed by atoms with E-state index in [4.69, 9.17) is 10.5 Å². The molecule has 0 fully saturated rings. The predicted molar refractivity (Wildman–Crippen MR) is 69.9 cm³/mol. The van der Waals surface area contributed by atoms with Gasteiger partial charge in [0.25, 0.3) is 0 Å². The third-order valence-electron chi connectivity index (χ3n) is 2.62. The first-order valence-corrected chi connectivity index (χ1v) is 5.87. The summed E-state index contributed by atoms with van der Waals surface area (Å²) in [7, 11) is 0. The summed E-state index contributed by atoms with van der Waals surface area (Å²) in [6.45, 7) is 0.617. The number of benzene rings is 2. The number of ether oxygens (including phenoxy) is 1. The van der Waals surface area contributed by atoms with Gasteiger partial charge in [-0.2, -0.15) is 0 Å². The minimum atomic E-state index is 0.0311. The van der Waals surface area contributed by atoms with E-state index >= 15 is 0 Å². The van der Waals surface area contributed by atoms with Crippen LogP contribution in [0.4, 0.5) is 0 Å². The van der Waals surface area contributed by atoms with Crippen LogP contribution in [-0.2, 0) is 0 Å². The molecular formula is C15H17NO. The van der Waals surface area contributed by atoms with Crippen LogP contribution in [0.2, 0.25) is 0 Å². The van der Waals surface area contributed by atoms with Crippen LogP contribution in [0.25, 0.3) is 0 Å². The van der Waals surface area contributed by atoms with Crippen molar-refractivity contribution in [1.29, 1.82) is 0 Å². The number of para-hydroxylation sites is 1. The van der Waals surface area contributed by atoms with E-state index in [9.17, 15) is 0 Å². The lowest BCUT2D eigenvalue weighted by Crippen LogP contribution is -2.13. The number of hydrogen-bond acceptors (Lipinski definition) is 2. The molecule has 1 atom stereocenters. The maximum absolute atomic E-state index is 5.96. The summed E-state index contributed by atoms with van der Waals surface area (Å²) in [4.78, 5) is 0. The van der Waals surface area contributed by atoms with Crippen molar-refractivity contribution in [3.8, 4) is 5.75 Å². The molecule has 0 amide bonds. The van der Waals surface area contributed by atoms with Gasteiger partial charge in [0.05, 0.1) is 0 Å². The first-order valence-electron chi connectivity index (χ1n) is 5.87. The molecule has 2 N–H and O–H groups in total. The van der Waals surface area contributed by atoms with Crippen molar-refractivity contribution in [2.24, 2.45) is 5.73 Å². The average Bonchev–Trinajstić information content (AvgIpc) is 2.40. The second kappa shape index (κ2) is 6.06. The van der Waals surface area contributed by atoms with Crippen molar-refractivity contribution in [3.63, 3.8) is 0 Å². The summed E-state index contributed by atoms with van der Waals surface area (Å²) in [5, 5.41) is 0. The first-order chi connectivity index (χ1) is 8.40. The summed E-state index contributed by atoms with van der Waals surface area (Å²) < 4.78 is 5.96. The molecule has 0 bridgehead atoms. The Balaban J connectivity index is 2.13. The van der Waals surface area contributed by atoms with Crippen molar-refractivity contribution in [2.75, 3.05) is 6.54 Å². The first kappa shape index (κ1) is 11.7. The highest BCUT2D eigenvalue weighted by molar-refractivity contribution is 5.24. The fraction of sp³-hybridized carbons (Fsp3) is 0.200. The van der Waals surface area contributed by atoms with Gasteiger partial charge in [0.2, 0.25) is 0 Å². The van der Waals surface area contributed by atoms with Crippen LogP contribution in [0.5, 0.6) is 5.75 Å². The van der Waals surface area contributed by atoms with E-state index in [1.807, 2.05) is 48.5 Å². The van der Waals surface area contributed by atoms with Gasteiger partial charge in [0, 0.05) is 6.42 Å². The van der Waals surface area contributed by atoms with Gasteiger partial charge in [0.15, 0.2) is 0 Å². The van der Waals surface area contributed by atoms with E-state index in [-0.39, 0.29) is 6.10 Å². The summed E-state index contributed by atoms with van der Waals surface area (Å²) in [6.07, 6.45) is 0.849. The second-order valence-corrected chi connectivity index (χ2v) is 3.91. The van der Waals surface area contributed by atoms with Crippen molar-refractivity contribution in [3.05, 3.63) is 66.2 Å². The predicted octanol–water partition coefficient (Wildman–Crippen LogP) is 3.16. The third kappa shape index (κ3) is 3.33. The van der Waals surface area contributed by atoms with Crippen LogP contribution in [0.15, 0.2) is 60.7 Å². The van der Waals surface area contributed by atoms with Crippen molar-refractivity contribution < 1.29 is 4.74 Å². The molecule has 0 saturated heterocycles. The molecule has 0 spiro atoms. The summed E-state index contributed by atoms with van der Waals surface area (Å²) in [5.74, 6) is 0.884. The van der Waals surface area contributed by atoms with Gasteiger partial charge in [-0.15, -0.1) is 0 Å². The average molecular weight is 227 g/mol. The Kier molecular flexibility index (Phi) is 4.17. The number of hydrogen-bond donors (Lipinski definition) is 1. The Morgan fingerprint density at radius 1 is 0.882 bits per heavy atom. The highest BCUT2D eigenvalue weighted by atomic mass is 16.5. The zero-order valence-corrected chi connectivity index (χ0v) is 9.75. The summed E-state index contributed by atoms with van der Waals surface area (Å²) in [5.41, 5.74) is 6.81. The molecule has 2 aromatic carbocycles. The Bertz CT molecular complexity index is 427. The van der Waals surface area contributed by atoms with Crippen LogP contribution in [0.3, 0.4) is 0 Å². The Hall–Kier alpha value is -1.80. The molecule has 0 heterocycles. The lowest BCUT2D eigenvalue weighted by Gasteiger charge is -2.18. The lowest BCUT2D eigenvalue weighted by molar-refractivity contribution is 0.198. The van der Waals surface area contributed by atoms with Crippen molar-refractivity contribution in [1.82, 2.24) is 0 Å². The minimum absolute atomic E-state index is 0.0311. The quantitative estimate of drug-likeness (QED) is 0.851. The van der Waals surface area contributed by atoms with Gasteiger partial charge in [-0.1, -0.05) is 48.5 Å². The third-order valence-corrected chi connectivity index (χ3v) is 2.62. The Labute approximate surface area is 102 Å². The van der Waals surface area contributed by atoms with E-state index < -0.39 is 0 Å². The molecule has 0 aliphatic carbocycles. The molecule has 2 rings (SSSR count). The largest absolute Gasteiger partial charge is 0.486 e. The SMILES string of the molecule is NCCC(Oc1ccccc1)c1ccccc1. The monoisotopic (exact) mass is 227 g/mol. The zero-order chi connectivity index (χ0) is 11.9. The Morgan fingerprint density at radius 3 is 2.06 bits per heavy atom. The molecule has 0 aliphatic rings. The highest BCUT2D eigenvalue weighted by Gasteiger charge is 2.11. The second-order valence-electron chi connectivity index (χ2n) is 3.91. The van der Waals surface area contributed by atoms with E-state index in [0.717, 1.165) is 12.2 Å². The summed E-state index contributed by atoms with van der Waals surface area (Å²) >= 11 is 0. The fourth-order valence-corrected chi connectivity index (χ4v) is 1.78. The number of nitrogens with two attached hydrogens (primary N) is 1. The lowest BCUT2D eigenvalue weighted by atomic mass is 10.1. The maximum Gasteiger partial charge on any atom is 0.125 e. The van der Waals surface area contributed by atoms with Gasteiger partial charge in [0.1, 0.15) is 11.9 Å². The smallest absolute Gasteiger partial charge is 0.125 e. The van der Waals surface area contributed by atoms with E-state index in [1.54, 1.807) is 0 Å². The topological polar surface area (TPSA) is 35.2 Å². The van der Waals surface area contributed by atoms with Gasteiger partial charge in [-0.05, 0) is 24.2 Å². The molecule has 2 nitrogen and oxygen atoms in total. The molecule has 1 unspecified atom stereocenters. The van der Waals surface area contributed by atoms with Gasteiger partial charge >= 0.3 is 0 Å². The van der Waals surface area contributed by atoms with Crippen LogP contribution in [0, 0.1) is 0 Å². The summed E-state index contributed by atoms with van der Waals surface area (Å²) in [6, 6.07) is 20.0. The van der Waals surface area contributed by atoms with E-state index in [2.05, 4.69) is 12.1 Å². The molecule has 17 heavy (non-hydrogen) atoms. The van der Waals surface area contributed by atoms with Crippen LogP contribution < -0.4 is 10.5 Å². The fourth-order valence-electron chi connectivity index (χ4n) is 1.78. The van der Waals surface area contributed by atoms with E-state index in [0.29, 0.717) is 6.54 Å². The van der Waals surface area contributed by atoms with Crippen molar-refractivity contribution in [2.45, 2.75) is 12.5 Å². The molecule has 2 heteroatoms. The van der Waals surface area contributed by atoms with Crippen molar-refractivity contribution >= 4 is 0 Å². The van der Waals surface area contributed by atoms with Crippen LogP contribution >= 0.6 is 0 Å². The maximum atomic E-state index is 5.96. The van der Waals surface area contributed by atoms with Crippen LogP contribution in [0.1, 0.15) is 18.1 Å².